The van der Waals surface area contributed by atoms with Crippen molar-refractivity contribution in [2.45, 2.75) is 76.2 Å². The number of aliphatic hydroxyl groups excluding tert-OH is 1. The van der Waals surface area contributed by atoms with Gasteiger partial charge in [-0.25, -0.2) is 4.79 Å². The molecule has 0 aliphatic carbocycles. The Labute approximate surface area is 153 Å². The fourth-order valence-corrected chi connectivity index (χ4v) is 9.16. The maximum atomic E-state index is 12.1. The number of aromatic amines is 1. The van der Waals surface area contributed by atoms with Crippen LogP contribution in [0, 0.1) is 0 Å². The van der Waals surface area contributed by atoms with Gasteiger partial charge in [0.15, 0.2) is 6.23 Å². The SMILES string of the molecule is CC(C)(C)[Si]1(C(C)(C)C)OC[C@H]2O[C@@H](n3ccc(=O)[nH]c3=O)C(O)[C@H]2O1. The summed E-state index contributed by atoms with van der Waals surface area (Å²) in [6, 6.07) is 1.22. The van der Waals surface area contributed by atoms with Crippen molar-refractivity contribution in [3.63, 3.8) is 0 Å². The Morgan fingerprint density at radius 1 is 1.19 bits per heavy atom. The molecule has 4 atom stereocenters. The Hall–Kier alpha value is -1.26. The van der Waals surface area contributed by atoms with Crippen molar-refractivity contribution in [1.82, 2.24) is 9.55 Å². The topological polar surface area (TPSA) is 103 Å². The van der Waals surface area contributed by atoms with Crippen LogP contribution in [0.5, 0.6) is 0 Å². The van der Waals surface area contributed by atoms with Gasteiger partial charge in [-0.15, -0.1) is 0 Å². The van der Waals surface area contributed by atoms with Crippen LogP contribution in [0.15, 0.2) is 21.9 Å². The maximum Gasteiger partial charge on any atom is 0.349 e. The van der Waals surface area contributed by atoms with Crippen molar-refractivity contribution in [3.8, 4) is 0 Å². The highest BCUT2D eigenvalue weighted by Gasteiger charge is 2.64. The van der Waals surface area contributed by atoms with Crippen LogP contribution in [0.3, 0.4) is 0 Å². The standard InChI is InChI=1S/C17H28N2O6Si/c1-16(2,3)26(17(4,5)6)23-9-10-13(25-26)12(21)14(24-10)19-8-7-11(20)18-15(19)22/h7-8,10,12-14,21H,9H2,1-6H3,(H,18,20,22)/t10-,12?,13+,14-/m1/s1. The van der Waals surface area contributed by atoms with Crippen LogP contribution in [0.2, 0.25) is 10.1 Å². The van der Waals surface area contributed by atoms with E-state index in [1.165, 1.54) is 16.8 Å². The van der Waals surface area contributed by atoms with Gasteiger partial charge in [-0.3, -0.25) is 14.3 Å². The first-order chi connectivity index (χ1) is 11.9. The van der Waals surface area contributed by atoms with Gasteiger partial charge < -0.3 is 18.7 Å². The number of aromatic nitrogens is 2. The molecule has 3 heterocycles. The second kappa shape index (κ2) is 6.13. The van der Waals surface area contributed by atoms with Gasteiger partial charge >= 0.3 is 14.3 Å². The van der Waals surface area contributed by atoms with E-state index in [4.69, 9.17) is 13.6 Å². The molecule has 146 valence electrons. The van der Waals surface area contributed by atoms with E-state index < -0.39 is 44.3 Å². The molecule has 1 unspecified atom stereocenters. The fourth-order valence-electron chi connectivity index (χ4n) is 4.19. The molecule has 2 N–H and O–H groups in total. The number of hydrogen-bond acceptors (Lipinski definition) is 6. The lowest BCUT2D eigenvalue weighted by molar-refractivity contribution is -0.0809. The maximum absolute atomic E-state index is 12.1. The molecule has 26 heavy (non-hydrogen) atoms. The van der Waals surface area contributed by atoms with Gasteiger partial charge in [0.2, 0.25) is 0 Å². The average molecular weight is 385 g/mol. The number of ether oxygens (including phenoxy) is 1. The minimum Gasteiger partial charge on any atom is -0.391 e. The number of nitrogens with one attached hydrogen (secondary N) is 1. The highest BCUT2D eigenvalue weighted by Crippen LogP contribution is 2.55. The number of aliphatic hydroxyl groups is 1. The number of H-pyrrole nitrogens is 1. The summed E-state index contributed by atoms with van der Waals surface area (Å²) in [5.41, 5.74) is -1.13. The Morgan fingerprint density at radius 2 is 1.81 bits per heavy atom. The molecule has 9 heteroatoms. The molecule has 2 fully saturated rings. The molecular formula is C17H28N2O6Si. The lowest BCUT2D eigenvalue weighted by atomic mass is 10.1. The summed E-state index contributed by atoms with van der Waals surface area (Å²) in [6.45, 7) is 12.9. The van der Waals surface area contributed by atoms with E-state index in [9.17, 15) is 14.7 Å². The molecule has 0 aromatic carbocycles. The van der Waals surface area contributed by atoms with Crippen LogP contribution < -0.4 is 11.2 Å². The lowest BCUT2D eigenvalue weighted by Crippen LogP contribution is -2.65. The first-order valence-electron chi connectivity index (χ1n) is 8.84. The minimum atomic E-state index is -2.75. The summed E-state index contributed by atoms with van der Waals surface area (Å²) in [5.74, 6) is 0. The average Bonchev–Trinajstić information content (AvgIpc) is 2.81. The smallest absolute Gasteiger partial charge is 0.349 e. The third kappa shape index (κ3) is 2.91. The largest absolute Gasteiger partial charge is 0.391 e. The molecule has 1 aromatic heterocycles. The van der Waals surface area contributed by atoms with Crippen molar-refractivity contribution in [3.05, 3.63) is 33.1 Å². The van der Waals surface area contributed by atoms with Gasteiger partial charge in [0.1, 0.15) is 18.3 Å². The molecule has 0 bridgehead atoms. The van der Waals surface area contributed by atoms with Gasteiger partial charge in [0.25, 0.3) is 5.56 Å². The van der Waals surface area contributed by atoms with Crippen LogP contribution in [0.25, 0.3) is 0 Å². The molecule has 8 nitrogen and oxygen atoms in total. The van der Waals surface area contributed by atoms with E-state index in [2.05, 4.69) is 46.5 Å². The van der Waals surface area contributed by atoms with Crippen molar-refractivity contribution in [1.29, 1.82) is 0 Å². The van der Waals surface area contributed by atoms with Crippen LogP contribution in [0.1, 0.15) is 47.8 Å². The van der Waals surface area contributed by atoms with Crippen molar-refractivity contribution < 1.29 is 18.7 Å². The van der Waals surface area contributed by atoms with Gasteiger partial charge in [0, 0.05) is 22.3 Å². The molecule has 3 rings (SSSR count). The van der Waals surface area contributed by atoms with Crippen LogP contribution in [-0.2, 0) is 13.6 Å². The van der Waals surface area contributed by atoms with Crippen molar-refractivity contribution >= 4 is 8.56 Å². The van der Waals surface area contributed by atoms with Crippen LogP contribution in [0.4, 0.5) is 0 Å². The molecule has 0 radical (unpaired) electrons. The zero-order valence-corrected chi connectivity index (χ0v) is 17.1. The normalized spacial score (nSPS) is 31.7. The van der Waals surface area contributed by atoms with E-state index in [1.807, 2.05) is 0 Å². The monoisotopic (exact) mass is 384 g/mol. The predicted octanol–water partition coefficient (Wildman–Crippen LogP) is 1.25. The van der Waals surface area contributed by atoms with Gasteiger partial charge in [-0.2, -0.15) is 0 Å². The third-order valence-electron chi connectivity index (χ3n) is 5.16. The van der Waals surface area contributed by atoms with Gasteiger partial charge in [-0.1, -0.05) is 41.5 Å². The summed E-state index contributed by atoms with van der Waals surface area (Å²) < 4.78 is 19.9. The fraction of sp³-hybridized carbons (Fsp3) is 0.765. The molecule has 0 spiro atoms. The molecule has 2 aliphatic rings. The molecule has 0 saturated carbocycles. The molecule has 1 aromatic rings. The van der Waals surface area contributed by atoms with Crippen molar-refractivity contribution in [2.75, 3.05) is 6.61 Å². The Bertz CT molecular complexity index is 776. The van der Waals surface area contributed by atoms with Gasteiger partial charge in [-0.05, 0) is 0 Å². The second-order valence-corrected chi connectivity index (χ2v) is 13.8. The first-order valence-corrected chi connectivity index (χ1v) is 10.7. The summed E-state index contributed by atoms with van der Waals surface area (Å²) in [6.07, 6.45) is -1.70. The Kier molecular flexibility index (Phi) is 4.60. The number of fused-ring (bicyclic) bond motifs is 1. The molecule has 2 saturated heterocycles. The summed E-state index contributed by atoms with van der Waals surface area (Å²) in [7, 11) is -2.75. The third-order valence-corrected chi connectivity index (χ3v) is 10.3. The molecular weight excluding hydrogens is 356 g/mol. The van der Waals surface area contributed by atoms with Crippen LogP contribution >= 0.6 is 0 Å². The number of hydrogen-bond donors (Lipinski definition) is 2. The van der Waals surface area contributed by atoms with Gasteiger partial charge in [0.05, 0.1) is 6.61 Å². The zero-order chi connectivity index (χ0) is 19.5. The number of rotatable bonds is 1. The van der Waals surface area contributed by atoms with E-state index in [0.29, 0.717) is 6.61 Å². The summed E-state index contributed by atoms with van der Waals surface area (Å²) in [4.78, 5) is 25.5. The van der Waals surface area contributed by atoms with E-state index in [-0.39, 0.29) is 10.1 Å². The van der Waals surface area contributed by atoms with E-state index in [0.717, 1.165) is 0 Å². The van der Waals surface area contributed by atoms with Crippen molar-refractivity contribution in [2.24, 2.45) is 0 Å². The summed E-state index contributed by atoms with van der Waals surface area (Å²) in [5, 5.41) is 10.4. The Balaban J connectivity index is 1.95. The predicted molar refractivity (Wildman–Crippen MR) is 97.2 cm³/mol. The number of nitrogens with zero attached hydrogens (tertiary/aromatic N) is 1. The zero-order valence-electron chi connectivity index (χ0n) is 16.1. The van der Waals surface area contributed by atoms with Crippen LogP contribution in [-0.4, -0.2) is 48.1 Å². The quantitative estimate of drug-likeness (QED) is 0.707. The Morgan fingerprint density at radius 3 is 2.35 bits per heavy atom. The first kappa shape index (κ1) is 19.5. The molecule has 0 amide bonds. The lowest BCUT2D eigenvalue weighted by Gasteiger charge is -2.53. The van der Waals surface area contributed by atoms with E-state index in [1.54, 1.807) is 0 Å². The summed E-state index contributed by atoms with van der Waals surface area (Å²) >= 11 is 0. The van der Waals surface area contributed by atoms with E-state index >= 15 is 0 Å². The highest BCUT2D eigenvalue weighted by atomic mass is 28.4. The second-order valence-electron chi connectivity index (χ2n) is 9.08. The minimum absolute atomic E-state index is 0.219. The highest BCUT2D eigenvalue weighted by molar-refractivity contribution is 6.73. The molecule has 2 aliphatic heterocycles.